The van der Waals surface area contributed by atoms with Crippen molar-refractivity contribution in [3.8, 4) is 0 Å². The average Bonchev–Trinajstić information content (AvgIpc) is 2.27. The number of nitrogens with zero attached hydrogens (tertiary/aromatic N) is 1. The highest BCUT2D eigenvalue weighted by Gasteiger charge is 2.16. The highest BCUT2D eigenvalue weighted by atomic mass is 16.2. The highest BCUT2D eigenvalue weighted by Crippen LogP contribution is 2.24. The molecule has 0 saturated carbocycles. The molecule has 1 aromatic carbocycles. The predicted molar refractivity (Wildman–Crippen MR) is 63.4 cm³/mol. The van der Waals surface area contributed by atoms with Crippen LogP contribution in [0.3, 0.4) is 0 Å². The molecule has 2 rings (SSSR count). The number of hydrazone groups is 1. The highest BCUT2D eigenvalue weighted by molar-refractivity contribution is 6.03. The Morgan fingerprint density at radius 3 is 3.00 bits per heavy atom. The number of hydrogen-bond acceptors (Lipinski definition) is 2. The van der Waals surface area contributed by atoms with Crippen molar-refractivity contribution in [2.75, 3.05) is 0 Å². The Bertz CT molecular complexity index is 452. The van der Waals surface area contributed by atoms with E-state index in [0.717, 1.165) is 30.5 Å². The van der Waals surface area contributed by atoms with E-state index in [-0.39, 0.29) is 0 Å². The van der Waals surface area contributed by atoms with Gasteiger partial charge in [0.2, 0.25) is 0 Å². The maximum atomic E-state index is 10.6. The van der Waals surface area contributed by atoms with E-state index in [1.165, 1.54) is 11.1 Å². The van der Waals surface area contributed by atoms with Crippen molar-refractivity contribution in [2.45, 2.75) is 26.2 Å². The number of benzene rings is 1. The Balaban J connectivity index is 2.37. The smallest absolute Gasteiger partial charge is 0.332 e. The normalized spacial score (nSPS) is 16.9. The summed E-state index contributed by atoms with van der Waals surface area (Å²) in [5.74, 6) is 0. The number of fused-ring (bicyclic) bond motifs is 1. The van der Waals surface area contributed by atoms with Gasteiger partial charge in [0.05, 0.1) is 5.71 Å². The van der Waals surface area contributed by atoms with Gasteiger partial charge in [0, 0.05) is 5.56 Å². The van der Waals surface area contributed by atoms with Gasteiger partial charge in [-0.05, 0) is 37.3 Å². The Kier molecular flexibility index (Phi) is 2.90. The molecule has 0 fully saturated rings. The second-order valence-corrected chi connectivity index (χ2v) is 3.99. The number of carbonyl (C=O) groups excluding carboxylic acids is 1. The molecule has 84 valence electrons. The van der Waals surface area contributed by atoms with Crippen LogP contribution in [-0.4, -0.2) is 11.7 Å². The van der Waals surface area contributed by atoms with Crippen LogP contribution < -0.4 is 11.2 Å². The summed E-state index contributed by atoms with van der Waals surface area (Å²) in [4.78, 5) is 10.6. The molecular formula is C12H15N3O. The maximum Gasteiger partial charge on any atom is 0.332 e. The van der Waals surface area contributed by atoms with E-state index < -0.39 is 6.03 Å². The van der Waals surface area contributed by atoms with Crippen molar-refractivity contribution in [3.05, 3.63) is 34.9 Å². The quantitative estimate of drug-likeness (QED) is 0.691. The van der Waals surface area contributed by atoms with E-state index in [2.05, 4.69) is 23.5 Å². The Morgan fingerprint density at radius 1 is 1.44 bits per heavy atom. The lowest BCUT2D eigenvalue weighted by Crippen LogP contribution is -2.27. The predicted octanol–water partition coefficient (Wildman–Crippen LogP) is 1.70. The minimum atomic E-state index is -0.618. The first kappa shape index (κ1) is 10.7. The third-order valence-electron chi connectivity index (χ3n) is 2.86. The molecule has 4 heteroatoms. The van der Waals surface area contributed by atoms with Crippen LogP contribution >= 0.6 is 0 Å². The van der Waals surface area contributed by atoms with Gasteiger partial charge in [-0.3, -0.25) is 0 Å². The minimum Gasteiger partial charge on any atom is -0.350 e. The van der Waals surface area contributed by atoms with Crippen LogP contribution in [0.25, 0.3) is 0 Å². The molecule has 1 aromatic rings. The molecule has 0 saturated heterocycles. The second-order valence-electron chi connectivity index (χ2n) is 3.99. The standard InChI is InChI=1S/C12H15N3O/c1-8-4-2-6-10-9(8)5-3-7-11(10)14-15-12(13)16/h2,4,6H,3,5,7H2,1H3,(H3,13,15,16)/b14-11+. The largest absolute Gasteiger partial charge is 0.350 e. The molecule has 4 nitrogen and oxygen atoms in total. The number of urea groups is 1. The molecule has 2 amide bonds. The van der Waals surface area contributed by atoms with Gasteiger partial charge < -0.3 is 5.73 Å². The molecule has 16 heavy (non-hydrogen) atoms. The van der Waals surface area contributed by atoms with Gasteiger partial charge in [0.1, 0.15) is 0 Å². The molecular weight excluding hydrogens is 202 g/mol. The first-order valence-corrected chi connectivity index (χ1v) is 5.39. The fraction of sp³-hybridized carbons (Fsp3) is 0.333. The molecule has 0 unspecified atom stereocenters. The van der Waals surface area contributed by atoms with Gasteiger partial charge in [0.25, 0.3) is 0 Å². The Labute approximate surface area is 94.5 Å². The van der Waals surface area contributed by atoms with E-state index in [4.69, 9.17) is 5.73 Å². The second kappa shape index (κ2) is 4.35. The zero-order chi connectivity index (χ0) is 11.5. The monoisotopic (exact) mass is 217 g/mol. The lowest BCUT2D eigenvalue weighted by Gasteiger charge is -2.19. The van der Waals surface area contributed by atoms with E-state index >= 15 is 0 Å². The Hall–Kier alpha value is -1.84. The third-order valence-corrected chi connectivity index (χ3v) is 2.86. The van der Waals surface area contributed by atoms with Gasteiger partial charge >= 0.3 is 6.03 Å². The zero-order valence-electron chi connectivity index (χ0n) is 9.29. The van der Waals surface area contributed by atoms with Crippen molar-refractivity contribution in [1.82, 2.24) is 5.43 Å². The summed E-state index contributed by atoms with van der Waals surface area (Å²) in [5.41, 5.74) is 12.0. The number of nitrogens with two attached hydrogens (primary N) is 1. The van der Waals surface area contributed by atoms with E-state index in [0.29, 0.717) is 0 Å². The minimum absolute atomic E-state index is 0.618. The fourth-order valence-electron chi connectivity index (χ4n) is 2.11. The van der Waals surface area contributed by atoms with Crippen LogP contribution in [0.15, 0.2) is 23.3 Å². The lowest BCUT2D eigenvalue weighted by atomic mass is 9.87. The molecule has 0 atom stereocenters. The molecule has 0 bridgehead atoms. The SMILES string of the molecule is Cc1cccc2c1CCC/C2=N\NC(N)=O. The molecule has 0 radical (unpaired) electrons. The topological polar surface area (TPSA) is 67.5 Å². The number of rotatable bonds is 1. The van der Waals surface area contributed by atoms with Crippen LogP contribution in [0.2, 0.25) is 0 Å². The number of nitrogens with one attached hydrogen (secondary N) is 1. The summed E-state index contributed by atoms with van der Waals surface area (Å²) in [6.07, 6.45) is 3.03. The molecule has 0 aliphatic heterocycles. The van der Waals surface area contributed by atoms with Crippen molar-refractivity contribution >= 4 is 11.7 Å². The van der Waals surface area contributed by atoms with Gasteiger partial charge in [-0.2, -0.15) is 5.10 Å². The summed E-state index contributed by atoms with van der Waals surface area (Å²) in [5, 5.41) is 4.06. The number of carbonyl (C=O) groups is 1. The van der Waals surface area contributed by atoms with Crippen molar-refractivity contribution < 1.29 is 4.79 Å². The number of primary amides is 1. The zero-order valence-corrected chi connectivity index (χ0v) is 9.29. The van der Waals surface area contributed by atoms with Crippen molar-refractivity contribution in [3.63, 3.8) is 0 Å². The number of hydrogen-bond donors (Lipinski definition) is 2. The average molecular weight is 217 g/mol. The molecule has 0 aromatic heterocycles. The molecule has 3 N–H and O–H groups in total. The summed E-state index contributed by atoms with van der Waals surface area (Å²) in [7, 11) is 0. The Morgan fingerprint density at radius 2 is 2.25 bits per heavy atom. The summed E-state index contributed by atoms with van der Waals surface area (Å²) in [6.45, 7) is 2.10. The van der Waals surface area contributed by atoms with E-state index in [1.54, 1.807) is 0 Å². The summed E-state index contributed by atoms with van der Waals surface area (Å²) >= 11 is 0. The number of amides is 2. The van der Waals surface area contributed by atoms with E-state index in [1.807, 2.05) is 12.1 Å². The molecule has 0 heterocycles. The third kappa shape index (κ3) is 2.05. The van der Waals surface area contributed by atoms with Crippen LogP contribution in [0.5, 0.6) is 0 Å². The van der Waals surface area contributed by atoms with Crippen LogP contribution in [-0.2, 0) is 6.42 Å². The van der Waals surface area contributed by atoms with Crippen molar-refractivity contribution in [1.29, 1.82) is 0 Å². The van der Waals surface area contributed by atoms with Gasteiger partial charge in [-0.1, -0.05) is 18.2 Å². The summed E-state index contributed by atoms with van der Waals surface area (Å²) < 4.78 is 0. The maximum absolute atomic E-state index is 10.6. The fourth-order valence-corrected chi connectivity index (χ4v) is 2.11. The molecule has 0 spiro atoms. The first-order valence-electron chi connectivity index (χ1n) is 5.39. The molecule has 1 aliphatic rings. The van der Waals surface area contributed by atoms with Crippen molar-refractivity contribution in [2.24, 2.45) is 10.8 Å². The van der Waals surface area contributed by atoms with Gasteiger partial charge in [-0.25, -0.2) is 10.2 Å². The molecule has 1 aliphatic carbocycles. The number of aryl methyl sites for hydroxylation is 1. The van der Waals surface area contributed by atoms with Gasteiger partial charge in [-0.15, -0.1) is 0 Å². The first-order chi connectivity index (χ1) is 7.68. The lowest BCUT2D eigenvalue weighted by molar-refractivity contribution is 0.249. The van der Waals surface area contributed by atoms with Crippen LogP contribution in [0.1, 0.15) is 29.5 Å². The van der Waals surface area contributed by atoms with Crippen LogP contribution in [0, 0.1) is 6.92 Å². The van der Waals surface area contributed by atoms with Gasteiger partial charge in [0.15, 0.2) is 0 Å². The van der Waals surface area contributed by atoms with Crippen LogP contribution in [0.4, 0.5) is 4.79 Å². The van der Waals surface area contributed by atoms with E-state index in [9.17, 15) is 4.79 Å². The summed E-state index contributed by atoms with van der Waals surface area (Å²) in [6, 6.07) is 5.54.